The lowest BCUT2D eigenvalue weighted by molar-refractivity contribution is 0.0552. The van der Waals surface area contributed by atoms with Crippen LogP contribution in [0.5, 0.6) is 0 Å². The van der Waals surface area contributed by atoms with E-state index in [0.29, 0.717) is 34.8 Å². The lowest BCUT2D eigenvalue weighted by Crippen LogP contribution is -2.28. The highest BCUT2D eigenvalue weighted by atomic mass is 16.5. The van der Waals surface area contributed by atoms with Gasteiger partial charge >= 0.3 is 11.9 Å². The molecule has 0 aliphatic heterocycles. The summed E-state index contributed by atoms with van der Waals surface area (Å²) in [5.74, 6) is 0.779. The van der Waals surface area contributed by atoms with Gasteiger partial charge in [-0.25, -0.2) is 9.59 Å². The fraction of sp³-hybridized carbons (Fsp3) is 0.583. The maximum atomic E-state index is 13.7. The van der Waals surface area contributed by atoms with E-state index in [1.807, 2.05) is 0 Å². The highest BCUT2D eigenvalue weighted by Crippen LogP contribution is 2.51. The predicted octanol–water partition coefficient (Wildman–Crippen LogP) is 11.9. The number of carbonyl (C=O) groups excluding carboxylic acids is 2. The highest BCUT2D eigenvalue weighted by Gasteiger charge is 2.40. The largest absolute Gasteiger partial charge is 0.465 e. The van der Waals surface area contributed by atoms with Gasteiger partial charge in [0.15, 0.2) is 0 Å². The Balaban J connectivity index is 1.73. The molecule has 0 saturated heterocycles. The molecule has 280 valence electrons. The van der Waals surface area contributed by atoms with Crippen LogP contribution in [0.15, 0.2) is 0 Å². The van der Waals surface area contributed by atoms with Crippen molar-refractivity contribution in [1.29, 1.82) is 0 Å². The number of rotatable bonds is 8. The van der Waals surface area contributed by atoms with E-state index in [-0.39, 0.29) is 11.8 Å². The van der Waals surface area contributed by atoms with E-state index in [2.05, 4.69) is 83.1 Å². The molecule has 0 bridgehead atoms. The van der Waals surface area contributed by atoms with E-state index in [9.17, 15) is 9.59 Å². The van der Waals surface area contributed by atoms with Gasteiger partial charge in [0.05, 0.1) is 25.3 Å². The molecule has 0 spiro atoms. The van der Waals surface area contributed by atoms with Gasteiger partial charge in [0, 0.05) is 0 Å². The standard InChI is InChI=1S/C48H64O4/c1-23(2)39-29-17-15-16-18-30(29)40(24(3)4)32-20-34-33(19-31(32)39)41(25(5)6)35-21-37-38(22-36(35)42(34)26(7)8)44(28(11)12)46(48(50)52-14)45(47(49)51-13)43(37)27(9)10/h23-28H,15-22H2,1-14H3. The second-order valence-electron chi connectivity index (χ2n) is 17.8. The van der Waals surface area contributed by atoms with E-state index in [0.717, 1.165) is 36.8 Å². The topological polar surface area (TPSA) is 52.6 Å². The molecule has 4 nitrogen and oxygen atoms in total. The first-order valence-electron chi connectivity index (χ1n) is 20.3. The number of hydrogen-bond acceptors (Lipinski definition) is 4. The first kappa shape index (κ1) is 38.3. The molecule has 0 saturated carbocycles. The second-order valence-corrected chi connectivity index (χ2v) is 17.8. The summed E-state index contributed by atoms with van der Waals surface area (Å²) in [6.45, 7) is 27.8. The average molecular weight is 705 g/mol. The molecule has 3 aromatic carbocycles. The molecule has 0 N–H and O–H groups in total. The lowest BCUT2D eigenvalue weighted by Gasteiger charge is -2.40. The Kier molecular flexibility index (Phi) is 10.6. The van der Waals surface area contributed by atoms with E-state index < -0.39 is 11.9 Å². The predicted molar refractivity (Wildman–Crippen MR) is 214 cm³/mol. The van der Waals surface area contributed by atoms with Crippen molar-refractivity contribution in [2.75, 3.05) is 14.2 Å². The van der Waals surface area contributed by atoms with Crippen molar-refractivity contribution in [1.82, 2.24) is 0 Å². The Hall–Kier alpha value is -3.40. The van der Waals surface area contributed by atoms with Crippen molar-refractivity contribution in [3.8, 4) is 0 Å². The summed E-state index contributed by atoms with van der Waals surface area (Å²) < 4.78 is 10.9. The second kappa shape index (κ2) is 14.4. The summed E-state index contributed by atoms with van der Waals surface area (Å²) in [5.41, 5.74) is 24.1. The fourth-order valence-corrected chi connectivity index (χ4v) is 11.1. The van der Waals surface area contributed by atoms with E-state index in [4.69, 9.17) is 9.47 Å². The lowest BCUT2D eigenvalue weighted by atomic mass is 9.64. The zero-order valence-corrected chi connectivity index (χ0v) is 34.8. The minimum absolute atomic E-state index is 0.0137. The molecule has 0 fully saturated rings. The molecular weight excluding hydrogens is 641 g/mol. The molecule has 6 rings (SSSR count). The number of esters is 2. The SMILES string of the molecule is COC(=O)c1c(C(=O)OC)c(C(C)C)c2c(c1C(C)C)Cc1c(c(C(C)C)c3c(c1C(C)C)Cc1c(c(C(C)C)c4c(c1C(C)C)CCCC4)C3)C2. The molecule has 0 atom stereocenters. The van der Waals surface area contributed by atoms with Crippen LogP contribution in [-0.4, -0.2) is 26.2 Å². The fourth-order valence-electron chi connectivity index (χ4n) is 11.1. The van der Waals surface area contributed by atoms with Crippen LogP contribution in [0.1, 0.15) is 241 Å². The summed E-state index contributed by atoms with van der Waals surface area (Å²) in [6.07, 6.45) is 8.54. The highest BCUT2D eigenvalue weighted by molar-refractivity contribution is 6.06. The first-order valence-corrected chi connectivity index (χ1v) is 20.3. The molecule has 0 heterocycles. The van der Waals surface area contributed by atoms with E-state index in [1.54, 1.807) is 44.5 Å². The van der Waals surface area contributed by atoms with Crippen LogP contribution in [0.4, 0.5) is 0 Å². The molecule has 4 heteroatoms. The van der Waals surface area contributed by atoms with Crippen LogP contribution >= 0.6 is 0 Å². The van der Waals surface area contributed by atoms with Gasteiger partial charge in [0.2, 0.25) is 0 Å². The Morgan fingerprint density at radius 2 is 0.577 bits per heavy atom. The van der Waals surface area contributed by atoms with Crippen molar-refractivity contribution < 1.29 is 19.1 Å². The molecule has 3 aliphatic carbocycles. The zero-order chi connectivity index (χ0) is 38.1. The number of methoxy groups -OCH3 is 2. The summed E-state index contributed by atoms with van der Waals surface area (Å²) >= 11 is 0. The van der Waals surface area contributed by atoms with Crippen LogP contribution in [-0.2, 0) is 48.0 Å². The minimum Gasteiger partial charge on any atom is -0.465 e. The van der Waals surface area contributed by atoms with Crippen LogP contribution < -0.4 is 0 Å². The van der Waals surface area contributed by atoms with Crippen molar-refractivity contribution >= 4 is 11.9 Å². The minimum atomic E-state index is -0.459. The monoisotopic (exact) mass is 704 g/mol. The van der Waals surface area contributed by atoms with Gasteiger partial charge in [0.25, 0.3) is 0 Å². The van der Waals surface area contributed by atoms with Gasteiger partial charge in [0.1, 0.15) is 0 Å². The summed E-state index contributed by atoms with van der Waals surface area (Å²) in [5, 5.41) is 0. The molecule has 0 amide bonds. The van der Waals surface area contributed by atoms with Crippen molar-refractivity contribution in [2.24, 2.45) is 0 Å². The zero-order valence-electron chi connectivity index (χ0n) is 34.8. The quantitative estimate of drug-likeness (QED) is 0.151. The maximum absolute atomic E-state index is 13.7. The van der Waals surface area contributed by atoms with Crippen LogP contribution in [0.25, 0.3) is 0 Å². The number of benzene rings is 3. The maximum Gasteiger partial charge on any atom is 0.339 e. The average Bonchev–Trinajstić information content (AvgIpc) is 3.08. The summed E-state index contributed by atoms with van der Waals surface area (Å²) in [7, 11) is 2.83. The summed E-state index contributed by atoms with van der Waals surface area (Å²) in [4.78, 5) is 27.5. The molecular formula is C48H64O4. The van der Waals surface area contributed by atoms with Gasteiger partial charge in [-0.3, -0.25) is 0 Å². The van der Waals surface area contributed by atoms with Gasteiger partial charge in [-0.2, -0.15) is 0 Å². The van der Waals surface area contributed by atoms with Crippen LogP contribution in [0.2, 0.25) is 0 Å². The third-order valence-corrected chi connectivity index (χ3v) is 12.6. The number of hydrogen-bond donors (Lipinski definition) is 0. The molecule has 0 radical (unpaired) electrons. The molecule has 3 aromatic rings. The van der Waals surface area contributed by atoms with Gasteiger partial charge in [-0.1, -0.05) is 83.1 Å². The molecule has 0 unspecified atom stereocenters. The number of fused-ring (bicyclic) bond motifs is 5. The number of carbonyl (C=O) groups is 2. The smallest absolute Gasteiger partial charge is 0.339 e. The van der Waals surface area contributed by atoms with Crippen molar-refractivity contribution in [3.05, 3.63) is 100 Å². The van der Waals surface area contributed by atoms with Crippen molar-refractivity contribution in [2.45, 2.75) is 170 Å². The van der Waals surface area contributed by atoms with Crippen molar-refractivity contribution in [3.63, 3.8) is 0 Å². The summed E-state index contributed by atoms with van der Waals surface area (Å²) in [6, 6.07) is 0. The normalized spacial score (nSPS) is 14.9. The molecule has 0 aromatic heterocycles. The Morgan fingerprint density at radius 3 is 0.788 bits per heavy atom. The Bertz CT molecular complexity index is 1810. The van der Waals surface area contributed by atoms with Gasteiger partial charge in [-0.05, 0) is 176 Å². The molecule has 3 aliphatic rings. The third kappa shape index (κ3) is 5.95. The first-order chi connectivity index (χ1) is 24.6. The third-order valence-electron chi connectivity index (χ3n) is 12.6. The van der Waals surface area contributed by atoms with Crippen LogP contribution in [0.3, 0.4) is 0 Å². The Labute approximate surface area is 314 Å². The van der Waals surface area contributed by atoms with E-state index in [1.165, 1.54) is 73.3 Å². The Morgan fingerprint density at radius 1 is 0.365 bits per heavy atom. The van der Waals surface area contributed by atoms with E-state index >= 15 is 0 Å². The van der Waals surface area contributed by atoms with Gasteiger partial charge < -0.3 is 9.47 Å². The van der Waals surface area contributed by atoms with Crippen LogP contribution in [0, 0.1) is 0 Å². The molecule has 52 heavy (non-hydrogen) atoms. The van der Waals surface area contributed by atoms with Gasteiger partial charge in [-0.15, -0.1) is 0 Å². The number of ether oxygens (including phenoxy) is 2.